The summed E-state index contributed by atoms with van der Waals surface area (Å²) < 4.78 is 6.17. The number of carbonyl (C=O) groups excluding carboxylic acids is 1. The van der Waals surface area contributed by atoms with E-state index < -0.39 is 0 Å². The molecule has 0 fully saturated rings. The van der Waals surface area contributed by atoms with Gasteiger partial charge in [-0.3, -0.25) is 4.79 Å². The molecule has 0 aliphatic heterocycles. The Kier molecular flexibility index (Phi) is 5.98. The molecule has 4 nitrogen and oxygen atoms in total. The number of benzene rings is 1. The van der Waals surface area contributed by atoms with E-state index in [9.17, 15) is 4.79 Å². The van der Waals surface area contributed by atoms with Gasteiger partial charge in [0.15, 0.2) is 0 Å². The molecule has 0 atom stereocenters. The number of hydrogen-bond acceptors (Lipinski definition) is 3. The molecule has 6 heteroatoms. The number of carbonyl (C=O) groups is 1. The first kappa shape index (κ1) is 16.5. The number of nitrogens with zero attached hydrogens (tertiary/aromatic N) is 1. The van der Waals surface area contributed by atoms with Crippen molar-refractivity contribution in [2.75, 3.05) is 7.11 Å². The molecule has 0 radical (unpaired) electrons. The molecule has 2 rings (SSSR count). The zero-order valence-corrected chi connectivity index (χ0v) is 14.2. The second-order valence-electron chi connectivity index (χ2n) is 4.43. The number of hydrogen-bond donors (Lipinski definition) is 1. The van der Waals surface area contributed by atoms with Crippen molar-refractivity contribution in [2.45, 2.75) is 6.54 Å². The van der Waals surface area contributed by atoms with Crippen LogP contribution in [0.4, 0.5) is 0 Å². The van der Waals surface area contributed by atoms with Crippen molar-refractivity contribution in [1.29, 1.82) is 0 Å². The number of aromatic nitrogens is 1. The Bertz CT molecular complexity index is 687. The Balaban J connectivity index is 1.96. The minimum absolute atomic E-state index is 0.197. The molecule has 0 spiro atoms. The quantitative estimate of drug-likeness (QED) is 0.632. The van der Waals surface area contributed by atoms with Gasteiger partial charge in [-0.05, 0) is 35.9 Å². The molecule has 0 saturated heterocycles. The molecule has 1 N–H and O–H groups in total. The van der Waals surface area contributed by atoms with Crippen molar-refractivity contribution < 1.29 is 9.53 Å². The van der Waals surface area contributed by atoms with Crippen molar-refractivity contribution in [1.82, 2.24) is 10.3 Å². The van der Waals surface area contributed by atoms with E-state index in [4.69, 9.17) is 16.3 Å². The normalized spacial score (nSPS) is 10.7. The number of nitrogens with one attached hydrogen (secondary N) is 1. The van der Waals surface area contributed by atoms with Crippen molar-refractivity contribution in [3.05, 3.63) is 63.4 Å². The lowest BCUT2D eigenvalue weighted by Crippen LogP contribution is -2.20. The molecular weight excluding hydrogens is 368 g/mol. The highest BCUT2D eigenvalue weighted by atomic mass is 79.9. The number of ether oxygens (including phenoxy) is 1. The molecule has 0 aliphatic rings. The summed E-state index contributed by atoms with van der Waals surface area (Å²) in [5.74, 6) is 0.506. The highest BCUT2D eigenvalue weighted by Gasteiger charge is 2.02. The second-order valence-corrected chi connectivity index (χ2v) is 5.73. The van der Waals surface area contributed by atoms with Crippen LogP contribution in [-0.4, -0.2) is 18.0 Å². The molecular formula is C16H14BrClN2O2. The first-order valence-electron chi connectivity index (χ1n) is 6.48. The molecule has 1 heterocycles. The van der Waals surface area contributed by atoms with Gasteiger partial charge in [0.05, 0.1) is 7.11 Å². The maximum atomic E-state index is 11.8. The summed E-state index contributed by atoms with van der Waals surface area (Å²) in [7, 11) is 1.59. The summed E-state index contributed by atoms with van der Waals surface area (Å²) >= 11 is 9.10. The monoisotopic (exact) mass is 380 g/mol. The first-order valence-corrected chi connectivity index (χ1v) is 7.65. The number of halogens is 2. The van der Waals surface area contributed by atoms with E-state index in [1.165, 1.54) is 6.08 Å². The maximum absolute atomic E-state index is 11.8. The maximum Gasteiger partial charge on any atom is 0.244 e. The smallest absolute Gasteiger partial charge is 0.244 e. The van der Waals surface area contributed by atoms with Crippen molar-refractivity contribution in [3.8, 4) is 5.75 Å². The molecule has 0 unspecified atom stereocenters. The summed E-state index contributed by atoms with van der Waals surface area (Å²) in [5.41, 5.74) is 1.70. The molecule has 1 aromatic carbocycles. The molecule has 0 aliphatic carbocycles. The van der Waals surface area contributed by atoms with Gasteiger partial charge in [-0.1, -0.05) is 33.6 Å². The number of methoxy groups -OCH3 is 1. The van der Waals surface area contributed by atoms with Crippen LogP contribution in [0, 0.1) is 0 Å². The van der Waals surface area contributed by atoms with E-state index in [-0.39, 0.29) is 5.91 Å². The molecule has 2 aromatic rings. The van der Waals surface area contributed by atoms with Crippen molar-refractivity contribution >= 4 is 39.5 Å². The zero-order valence-electron chi connectivity index (χ0n) is 11.8. The molecule has 114 valence electrons. The van der Waals surface area contributed by atoms with Gasteiger partial charge in [0.1, 0.15) is 10.9 Å². The average Bonchev–Trinajstić information content (AvgIpc) is 2.52. The van der Waals surface area contributed by atoms with Crippen LogP contribution in [-0.2, 0) is 11.3 Å². The van der Waals surface area contributed by atoms with Gasteiger partial charge < -0.3 is 10.1 Å². The minimum atomic E-state index is -0.197. The topological polar surface area (TPSA) is 51.2 Å². The molecule has 22 heavy (non-hydrogen) atoms. The third kappa shape index (κ3) is 4.86. The van der Waals surface area contributed by atoms with Crippen LogP contribution in [0.3, 0.4) is 0 Å². The summed E-state index contributed by atoms with van der Waals surface area (Å²) in [6.07, 6.45) is 4.80. The highest BCUT2D eigenvalue weighted by molar-refractivity contribution is 9.10. The fraction of sp³-hybridized carbons (Fsp3) is 0.125. The van der Waals surface area contributed by atoms with Crippen LogP contribution in [0.2, 0.25) is 5.15 Å². The number of amides is 1. The lowest BCUT2D eigenvalue weighted by Gasteiger charge is -2.05. The van der Waals surface area contributed by atoms with Gasteiger partial charge in [-0.25, -0.2) is 4.98 Å². The average molecular weight is 382 g/mol. The number of rotatable bonds is 5. The Morgan fingerprint density at radius 1 is 1.41 bits per heavy atom. The highest BCUT2D eigenvalue weighted by Crippen LogP contribution is 2.24. The van der Waals surface area contributed by atoms with E-state index in [1.807, 2.05) is 24.3 Å². The van der Waals surface area contributed by atoms with E-state index in [2.05, 4.69) is 26.2 Å². The third-order valence-electron chi connectivity index (χ3n) is 2.86. The Morgan fingerprint density at radius 2 is 2.23 bits per heavy atom. The molecule has 0 bridgehead atoms. The minimum Gasteiger partial charge on any atom is -0.496 e. The fourth-order valence-electron chi connectivity index (χ4n) is 1.76. The van der Waals surface area contributed by atoms with Crippen molar-refractivity contribution in [2.24, 2.45) is 0 Å². The van der Waals surface area contributed by atoms with Gasteiger partial charge in [0.2, 0.25) is 5.91 Å². The SMILES string of the molecule is COc1ccc(Br)cc1C=CC(=O)NCc1ccc(Cl)nc1. The predicted octanol–water partition coefficient (Wildman–Crippen LogP) is 3.84. The third-order valence-corrected chi connectivity index (χ3v) is 3.58. The molecule has 1 aromatic heterocycles. The van der Waals surface area contributed by atoms with Gasteiger partial charge in [0.25, 0.3) is 0 Å². The molecule has 1 amide bonds. The van der Waals surface area contributed by atoms with Crippen LogP contribution in [0.1, 0.15) is 11.1 Å². The summed E-state index contributed by atoms with van der Waals surface area (Å²) in [4.78, 5) is 15.8. The van der Waals surface area contributed by atoms with Gasteiger partial charge in [0, 0.05) is 28.9 Å². The van der Waals surface area contributed by atoms with Crippen LogP contribution >= 0.6 is 27.5 Å². The van der Waals surface area contributed by atoms with E-state index in [0.717, 1.165) is 15.6 Å². The summed E-state index contributed by atoms with van der Waals surface area (Å²) in [6.45, 7) is 0.392. The second kappa shape index (κ2) is 7.96. The lowest BCUT2D eigenvalue weighted by atomic mass is 10.2. The predicted molar refractivity (Wildman–Crippen MR) is 90.8 cm³/mol. The molecule has 0 saturated carbocycles. The van der Waals surface area contributed by atoms with Crippen LogP contribution in [0.25, 0.3) is 6.08 Å². The van der Waals surface area contributed by atoms with Crippen LogP contribution in [0.5, 0.6) is 5.75 Å². The van der Waals surface area contributed by atoms with Gasteiger partial charge >= 0.3 is 0 Å². The van der Waals surface area contributed by atoms with E-state index >= 15 is 0 Å². The standard InChI is InChI=1S/C16H14BrClN2O2/c1-22-14-5-4-13(17)8-12(14)3-7-16(21)20-10-11-2-6-15(18)19-9-11/h2-9H,10H2,1H3,(H,20,21). The van der Waals surface area contributed by atoms with E-state index in [0.29, 0.717) is 17.4 Å². The lowest BCUT2D eigenvalue weighted by molar-refractivity contribution is -0.116. The van der Waals surface area contributed by atoms with Gasteiger partial charge in [-0.15, -0.1) is 0 Å². The number of pyridine rings is 1. The summed E-state index contributed by atoms with van der Waals surface area (Å²) in [5, 5.41) is 3.21. The Hall–Kier alpha value is -1.85. The van der Waals surface area contributed by atoms with E-state index in [1.54, 1.807) is 25.4 Å². The van der Waals surface area contributed by atoms with Crippen molar-refractivity contribution in [3.63, 3.8) is 0 Å². The Labute approximate surface area is 142 Å². The zero-order chi connectivity index (χ0) is 15.9. The first-order chi connectivity index (χ1) is 10.6. The Morgan fingerprint density at radius 3 is 2.91 bits per heavy atom. The summed E-state index contributed by atoms with van der Waals surface area (Å²) in [6, 6.07) is 9.10. The van der Waals surface area contributed by atoms with Crippen LogP contribution < -0.4 is 10.1 Å². The fourth-order valence-corrected chi connectivity index (χ4v) is 2.25. The van der Waals surface area contributed by atoms with Gasteiger partial charge in [-0.2, -0.15) is 0 Å². The van der Waals surface area contributed by atoms with Crippen LogP contribution in [0.15, 0.2) is 47.1 Å². The largest absolute Gasteiger partial charge is 0.496 e.